The Hall–Kier alpha value is -1.71. The highest BCUT2D eigenvalue weighted by atomic mass is 16.5. The van der Waals surface area contributed by atoms with E-state index in [9.17, 15) is 0 Å². The fraction of sp³-hybridized carbons (Fsp3) is 0.588. The second-order valence-corrected chi connectivity index (χ2v) is 5.14. The van der Waals surface area contributed by atoms with Crippen LogP contribution < -0.4 is 15.4 Å². The van der Waals surface area contributed by atoms with Gasteiger partial charge >= 0.3 is 0 Å². The largest absolute Gasteiger partial charge is 0.496 e. The molecule has 1 aromatic rings. The van der Waals surface area contributed by atoms with E-state index in [-0.39, 0.29) is 0 Å². The molecule has 1 rings (SSSR count). The van der Waals surface area contributed by atoms with Gasteiger partial charge in [-0.15, -0.1) is 0 Å². The van der Waals surface area contributed by atoms with Gasteiger partial charge in [-0.3, -0.25) is 4.99 Å². The summed E-state index contributed by atoms with van der Waals surface area (Å²) in [5, 5.41) is 6.65. The molecule has 4 nitrogen and oxygen atoms in total. The van der Waals surface area contributed by atoms with Gasteiger partial charge in [0.1, 0.15) is 5.75 Å². The molecule has 118 valence electrons. The molecule has 0 spiro atoms. The van der Waals surface area contributed by atoms with Crippen molar-refractivity contribution in [3.8, 4) is 5.75 Å². The topological polar surface area (TPSA) is 45.7 Å². The molecule has 0 aliphatic heterocycles. The normalized spacial score (nSPS) is 12.9. The van der Waals surface area contributed by atoms with Crippen molar-refractivity contribution in [2.75, 3.05) is 26.7 Å². The highest BCUT2D eigenvalue weighted by molar-refractivity contribution is 5.79. The summed E-state index contributed by atoms with van der Waals surface area (Å²) >= 11 is 0. The van der Waals surface area contributed by atoms with E-state index in [1.165, 1.54) is 12.0 Å². The van der Waals surface area contributed by atoms with Gasteiger partial charge in [-0.1, -0.05) is 38.5 Å². The summed E-state index contributed by atoms with van der Waals surface area (Å²) in [6.07, 6.45) is 2.34. The highest BCUT2D eigenvalue weighted by Gasteiger charge is 2.10. The van der Waals surface area contributed by atoms with Crippen LogP contribution >= 0.6 is 0 Å². The Morgan fingerprint density at radius 3 is 2.67 bits per heavy atom. The number of rotatable bonds is 8. The van der Waals surface area contributed by atoms with Gasteiger partial charge in [0.05, 0.1) is 7.11 Å². The first-order valence-electron chi connectivity index (χ1n) is 7.88. The van der Waals surface area contributed by atoms with E-state index in [4.69, 9.17) is 4.74 Å². The molecule has 21 heavy (non-hydrogen) atoms. The Balaban J connectivity index is 2.65. The summed E-state index contributed by atoms with van der Waals surface area (Å²) < 4.78 is 5.42. The zero-order valence-electron chi connectivity index (χ0n) is 13.8. The fourth-order valence-corrected chi connectivity index (χ4v) is 2.13. The molecule has 0 aliphatic carbocycles. The zero-order valence-corrected chi connectivity index (χ0v) is 13.8. The second-order valence-electron chi connectivity index (χ2n) is 5.14. The van der Waals surface area contributed by atoms with Gasteiger partial charge in [0.15, 0.2) is 5.96 Å². The van der Waals surface area contributed by atoms with Gasteiger partial charge in [0.25, 0.3) is 0 Å². The molecular weight excluding hydrogens is 262 g/mol. The average Bonchev–Trinajstić information content (AvgIpc) is 2.52. The quantitative estimate of drug-likeness (QED) is 0.439. The molecule has 0 aliphatic rings. The number of unbranched alkanes of at least 4 members (excludes halogenated alkanes) is 1. The minimum Gasteiger partial charge on any atom is -0.496 e. The molecule has 1 aromatic carbocycles. The van der Waals surface area contributed by atoms with Crippen LogP contribution in [0.25, 0.3) is 0 Å². The lowest BCUT2D eigenvalue weighted by molar-refractivity contribution is 0.407. The molecule has 0 heterocycles. The molecule has 0 fully saturated rings. The third kappa shape index (κ3) is 6.06. The highest BCUT2D eigenvalue weighted by Crippen LogP contribution is 2.26. The van der Waals surface area contributed by atoms with Gasteiger partial charge < -0.3 is 15.4 Å². The first-order valence-corrected chi connectivity index (χ1v) is 7.88. The Morgan fingerprint density at radius 2 is 2.00 bits per heavy atom. The number of aliphatic imine (C=N–C) groups is 1. The molecule has 2 N–H and O–H groups in total. The number of hydrogen-bond acceptors (Lipinski definition) is 2. The maximum atomic E-state index is 5.42. The molecule has 0 bridgehead atoms. The van der Waals surface area contributed by atoms with Crippen LogP contribution in [0.15, 0.2) is 29.3 Å². The lowest BCUT2D eigenvalue weighted by atomic mass is 10.0. The van der Waals surface area contributed by atoms with Crippen molar-refractivity contribution >= 4 is 5.96 Å². The van der Waals surface area contributed by atoms with Gasteiger partial charge in [-0.2, -0.15) is 0 Å². The second kappa shape index (κ2) is 10.1. The minimum atomic E-state index is 0.322. The van der Waals surface area contributed by atoms with Crippen molar-refractivity contribution in [3.05, 3.63) is 29.8 Å². The molecule has 1 unspecified atom stereocenters. The summed E-state index contributed by atoms with van der Waals surface area (Å²) in [6, 6.07) is 8.15. The van der Waals surface area contributed by atoms with E-state index < -0.39 is 0 Å². The first-order chi connectivity index (χ1) is 10.2. The Bertz CT molecular complexity index is 432. The van der Waals surface area contributed by atoms with E-state index in [1.54, 1.807) is 7.11 Å². The van der Waals surface area contributed by atoms with Crippen LogP contribution in [0.1, 0.15) is 45.1 Å². The van der Waals surface area contributed by atoms with Crippen molar-refractivity contribution in [2.24, 2.45) is 4.99 Å². The summed E-state index contributed by atoms with van der Waals surface area (Å²) in [4.78, 5) is 4.68. The fourth-order valence-electron chi connectivity index (χ4n) is 2.13. The van der Waals surface area contributed by atoms with Crippen LogP contribution in [0, 0.1) is 0 Å². The van der Waals surface area contributed by atoms with Crippen LogP contribution in [-0.4, -0.2) is 32.7 Å². The van der Waals surface area contributed by atoms with Crippen molar-refractivity contribution in [3.63, 3.8) is 0 Å². The smallest absolute Gasteiger partial charge is 0.191 e. The van der Waals surface area contributed by atoms with Crippen molar-refractivity contribution in [2.45, 2.75) is 39.5 Å². The van der Waals surface area contributed by atoms with Gasteiger partial charge in [-0.25, -0.2) is 0 Å². The summed E-state index contributed by atoms with van der Waals surface area (Å²) in [5.74, 6) is 2.15. The van der Waals surface area contributed by atoms with E-state index in [0.717, 1.165) is 37.8 Å². The monoisotopic (exact) mass is 291 g/mol. The number of guanidine groups is 1. The molecule has 1 atom stereocenters. The Morgan fingerprint density at radius 1 is 1.24 bits per heavy atom. The van der Waals surface area contributed by atoms with E-state index in [0.29, 0.717) is 5.92 Å². The van der Waals surface area contributed by atoms with Crippen molar-refractivity contribution in [1.82, 2.24) is 10.6 Å². The van der Waals surface area contributed by atoms with Crippen molar-refractivity contribution in [1.29, 1.82) is 0 Å². The summed E-state index contributed by atoms with van der Waals surface area (Å²) in [6.45, 7) is 9.03. The number of ether oxygens (including phenoxy) is 1. The average molecular weight is 291 g/mol. The Kier molecular flexibility index (Phi) is 8.32. The van der Waals surface area contributed by atoms with Crippen LogP contribution in [0.2, 0.25) is 0 Å². The minimum absolute atomic E-state index is 0.322. The predicted molar refractivity (Wildman–Crippen MR) is 90.3 cm³/mol. The number of para-hydroxylation sites is 1. The van der Waals surface area contributed by atoms with Crippen LogP contribution in [0.4, 0.5) is 0 Å². The predicted octanol–water partition coefficient (Wildman–Crippen LogP) is 3.15. The SMILES string of the molecule is CCCCNC(=NCC(C)c1ccccc1OC)NCC. The molecule has 0 amide bonds. The number of nitrogens with zero attached hydrogens (tertiary/aromatic N) is 1. The molecule has 4 heteroatoms. The number of benzene rings is 1. The zero-order chi connectivity index (χ0) is 15.5. The lowest BCUT2D eigenvalue weighted by Crippen LogP contribution is -2.38. The van der Waals surface area contributed by atoms with Crippen molar-refractivity contribution < 1.29 is 4.74 Å². The van der Waals surface area contributed by atoms with Crippen LogP contribution in [0.5, 0.6) is 5.75 Å². The van der Waals surface area contributed by atoms with Crippen LogP contribution in [0.3, 0.4) is 0 Å². The maximum absolute atomic E-state index is 5.42. The van der Waals surface area contributed by atoms with Crippen LogP contribution in [-0.2, 0) is 0 Å². The lowest BCUT2D eigenvalue weighted by Gasteiger charge is -2.15. The molecule has 0 saturated heterocycles. The van der Waals surface area contributed by atoms with Gasteiger partial charge in [0.2, 0.25) is 0 Å². The van der Waals surface area contributed by atoms with Gasteiger partial charge in [0, 0.05) is 25.6 Å². The number of methoxy groups -OCH3 is 1. The number of hydrogen-bond donors (Lipinski definition) is 2. The number of nitrogens with one attached hydrogen (secondary N) is 2. The molecular formula is C17H29N3O. The maximum Gasteiger partial charge on any atom is 0.191 e. The summed E-state index contributed by atoms with van der Waals surface area (Å²) in [5.41, 5.74) is 1.20. The molecule has 0 aromatic heterocycles. The van der Waals surface area contributed by atoms with Gasteiger partial charge in [-0.05, 0) is 25.0 Å². The summed E-state index contributed by atoms with van der Waals surface area (Å²) in [7, 11) is 1.71. The third-order valence-electron chi connectivity index (χ3n) is 3.36. The van der Waals surface area contributed by atoms with E-state index in [2.05, 4.69) is 42.5 Å². The van der Waals surface area contributed by atoms with E-state index in [1.807, 2.05) is 18.2 Å². The molecule has 0 radical (unpaired) electrons. The van der Waals surface area contributed by atoms with E-state index >= 15 is 0 Å². The first kappa shape index (κ1) is 17.3. The third-order valence-corrected chi connectivity index (χ3v) is 3.36. The molecule has 0 saturated carbocycles. The standard InChI is InChI=1S/C17H29N3O/c1-5-7-12-19-17(18-6-2)20-13-14(3)15-10-8-9-11-16(15)21-4/h8-11,14H,5-7,12-13H2,1-4H3,(H2,18,19,20). The Labute approximate surface area is 129 Å².